The molecule has 0 aromatic heterocycles. The van der Waals surface area contributed by atoms with Gasteiger partial charge in [0.05, 0.1) is 6.04 Å². The molecule has 0 radical (unpaired) electrons. The normalized spacial score (nSPS) is 23.7. The predicted molar refractivity (Wildman–Crippen MR) is 104 cm³/mol. The van der Waals surface area contributed by atoms with Crippen LogP contribution in [0.5, 0.6) is 0 Å². The molecular weight excluding hydrogens is 421 g/mol. The van der Waals surface area contributed by atoms with Crippen molar-refractivity contribution in [1.29, 1.82) is 0 Å². The average Bonchev–Trinajstić information content (AvgIpc) is 2.59. The van der Waals surface area contributed by atoms with Gasteiger partial charge in [0.25, 0.3) is 5.91 Å². The molecule has 23 heavy (non-hydrogen) atoms. The first-order valence-electron chi connectivity index (χ1n) is 7.73. The molecule has 0 saturated heterocycles. The van der Waals surface area contributed by atoms with Crippen LogP contribution in [0, 0.1) is 0 Å². The number of nitrogens with zero attached hydrogens (tertiary/aromatic N) is 1. The van der Waals surface area contributed by atoms with E-state index in [9.17, 15) is 4.79 Å². The summed E-state index contributed by atoms with van der Waals surface area (Å²) in [5.41, 5.74) is 2.94. The smallest absolute Gasteiger partial charge is 0.254 e. The summed E-state index contributed by atoms with van der Waals surface area (Å²) < 4.78 is 0.938. The van der Waals surface area contributed by atoms with Crippen LogP contribution in [-0.2, 0) is 5.41 Å². The molecule has 1 amide bonds. The van der Waals surface area contributed by atoms with E-state index in [1.165, 1.54) is 5.56 Å². The van der Waals surface area contributed by atoms with Gasteiger partial charge in [-0.15, -0.1) is 0 Å². The van der Waals surface area contributed by atoms with Gasteiger partial charge in [-0.1, -0.05) is 77.5 Å². The number of hydrogen-bond donors (Lipinski definition) is 0. The van der Waals surface area contributed by atoms with Crippen LogP contribution in [0.2, 0.25) is 5.02 Å². The molecule has 0 spiro atoms. The molecule has 2 nitrogen and oxygen atoms in total. The Labute approximate surface area is 156 Å². The lowest BCUT2D eigenvalue weighted by atomic mass is 9.67. The zero-order valence-corrected chi connectivity index (χ0v) is 16.1. The van der Waals surface area contributed by atoms with Gasteiger partial charge in [-0.05, 0) is 29.7 Å². The van der Waals surface area contributed by atoms with Crippen LogP contribution >= 0.6 is 34.2 Å². The Morgan fingerprint density at radius 1 is 1.22 bits per heavy atom. The van der Waals surface area contributed by atoms with E-state index in [0.717, 1.165) is 22.0 Å². The van der Waals surface area contributed by atoms with Crippen molar-refractivity contribution in [2.75, 3.05) is 11.5 Å². The molecule has 0 unspecified atom stereocenters. The largest absolute Gasteiger partial charge is 0.334 e. The highest BCUT2D eigenvalue weighted by Crippen LogP contribution is 2.50. The van der Waals surface area contributed by atoms with Crippen molar-refractivity contribution >= 4 is 40.1 Å². The van der Waals surface area contributed by atoms with E-state index in [1.807, 2.05) is 48.3 Å². The fourth-order valence-corrected chi connectivity index (χ4v) is 5.29. The third kappa shape index (κ3) is 2.58. The molecule has 1 heterocycles. The molecular formula is C19H19ClINO. The number of alkyl halides is 1. The van der Waals surface area contributed by atoms with Crippen LogP contribution in [0.25, 0.3) is 0 Å². The van der Waals surface area contributed by atoms with Crippen molar-refractivity contribution in [2.24, 2.45) is 0 Å². The highest BCUT2D eigenvalue weighted by atomic mass is 127. The molecule has 3 rings (SSSR count). The van der Waals surface area contributed by atoms with Crippen molar-refractivity contribution < 1.29 is 4.79 Å². The summed E-state index contributed by atoms with van der Waals surface area (Å²) in [5.74, 6) is 0.0466. The van der Waals surface area contributed by atoms with Gasteiger partial charge in [0.1, 0.15) is 0 Å². The molecule has 4 heteroatoms. The highest BCUT2D eigenvalue weighted by Gasteiger charge is 2.48. The number of likely N-dealkylation sites (N-methyl/N-ethyl adjacent to an activating group) is 1. The standard InChI is InChI=1S/C19H19ClINO/c1-3-19(12-21)16-10-9-14(20)11-15(16)18(23)22(2)17(19)13-7-5-4-6-8-13/h4-11,17H,3,12H2,1-2H3/t17-,19+/m1/s1. The van der Waals surface area contributed by atoms with Crippen molar-refractivity contribution in [2.45, 2.75) is 24.8 Å². The molecule has 120 valence electrons. The lowest BCUT2D eigenvalue weighted by Crippen LogP contribution is -2.51. The zero-order valence-electron chi connectivity index (χ0n) is 13.2. The minimum Gasteiger partial charge on any atom is -0.334 e. The first kappa shape index (κ1) is 16.8. The molecule has 0 bridgehead atoms. The molecule has 0 N–H and O–H groups in total. The topological polar surface area (TPSA) is 20.3 Å². The minimum absolute atomic E-state index is 0.0341. The first-order chi connectivity index (χ1) is 11.0. The van der Waals surface area contributed by atoms with E-state index >= 15 is 0 Å². The number of carbonyl (C=O) groups excluding carboxylic acids is 1. The summed E-state index contributed by atoms with van der Waals surface area (Å²) in [7, 11) is 1.90. The highest BCUT2D eigenvalue weighted by molar-refractivity contribution is 14.1. The molecule has 2 aromatic rings. The number of carbonyl (C=O) groups is 1. The fourth-order valence-electron chi connectivity index (χ4n) is 3.75. The summed E-state index contributed by atoms with van der Waals surface area (Å²) in [5, 5.41) is 0.613. The van der Waals surface area contributed by atoms with Crippen molar-refractivity contribution in [3.05, 3.63) is 70.2 Å². The van der Waals surface area contributed by atoms with Gasteiger partial charge in [0, 0.05) is 27.5 Å². The van der Waals surface area contributed by atoms with Crippen LogP contribution in [0.15, 0.2) is 48.5 Å². The SMILES string of the molecule is CC[C@]1(CI)c2ccc(Cl)cc2C(=O)N(C)[C@@H]1c1ccccc1. The van der Waals surface area contributed by atoms with E-state index in [2.05, 4.69) is 41.6 Å². The second-order valence-electron chi connectivity index (χ2n) is 6.06. The van der Waals surface area contributed by atoms with Gasteiger partial charge < -0.3 is 4.90 Å². The van der Waals surface area contributed by atoms with Crippen molar-refractivity contribution in [1.82, 2.24) is 4.90 Å². The quantitative estimate of drug-likeness (QED) is 0.472. The summed E-state index contributed by atoms with van der Waals surface area (Å²) >= 11 is 8.60. The summed E-state index contributed by atoms with van der Waals surface area (Å²) in [4.78, 5) is 14.8. The van der Waals surface area contributed by atoms with E-state index in [1.54, 1.807) is 0 Å². The van der Waals surface area contributed by atoms with Gasteiger partial charge in [0.15, 0.2) is 0 Å². The number of halogens is 2. The number of hydrogen-bond acceptors (Lipinski definition) is 1. The molecule has 1 aliphatic rings. The summed E-state index contributed by atoms with van der Waals surface area (Å²) in [6, 6.07) is 16.1. The third-order valence-electron chi connectivity index (χ3n) is 4.96. The van der Waals surface area contributed by atoms with E-state index < -0.39 is 0 Å². The van der Waals surface area contributed by atoms with Gasteiger partial charge >= 0.3 is 0 Å². The second kappa shape index (κ2) is 6.44. The molecule has 0 fully saturated rings. The van der Waals surface area contributed by atoms with E-state index in [0.29, 0.717) is 5.02 Å². The van der Waals surface area contributed by atoms with Crippen molar-refractivity contribution in [3.8, 4) is 0 Å². The van der Waals surface area contributed by atoms with Gasteiger partial charge in [0.2, 0.25) is 0 Å². The number of rotatable bonds is 3. The Hall–Kier alpha value is -1.07. The van der Waals surface area contributed by atoms with E-state index in [-0.39, 0.29) is 17.4 Å². The monoisotopic (exact) mass is 439 g/mol. The number of fused-ring (bicyclic) bond motifs is 1. The van der Waals surface area contributed by atoms with Crippen LogP contribution in [-0.4, -0.2) is 22.3 Å². The second-order valence-corrected chi connectivity index (χ2v) is 7.26. The van der Waals surface area contributed by atoms with Crippen LogP contribution in [0.3, 0.4) is 0 Å². The van der Waals surface area contributed by atoms with Gasteiger partial charge in [-0.3, -0.25) is 4.79 Å². The van der Waals surface area contributed by atoms with Crippen LogP contribution in [0.1, 0.15) is 40.9 Å². The number of benzene rings is 2. The lowest BCUT2D eigenvalue weighted by Gasteiger charge is -2.49. The number of amides is 1. The molecule has 2 aromatic carbocycles. The maximum Gasteiger partial charge on any atom is 0.254 e. The third-order valence-corrected chi connectivity index (χ3v) is 6.56. The Morgan fingerprint density at radius 2 is 1.91 bits per heavy atom. The summed E-state index contributed by atoms with van der Waals surface area (Å²) in [6.45, 7) is 2.20. The maximum absolute atomic E-state index is 12.9. The van der Waals surface area contributed by atoms with Crippen LogP contribution < -0.4 is 0 Å². The molecule has 1 aliphatic heterocycles. The Bertz CT molecular complexity index is 727. The van der Waals surface area contributed by atoms with Gasteiger partial charge in [-0.2, -0.15) is 0 Å². The molecule has 0 saturated carbocycles. The minimum atomic E-state index is -0.107. The van der Waals surface area contributed by atoms with E-state index in [4.69, 9.17) is 11.6 Å². The fraction of sp³-hybridized carbons (Fsp3) is 0.316. The molecule has 2 atom stereocenters. The lowest BCUT2D eigenvalue weighted by molar-refractivity contribution is 0.0592. The Kier molecular flexibility index (Phi) is 4.70. The summed E-state index contributed by atoms with van der Waals surface area (Å²) in [6.07, 6.45) is 0.960. The van der Waals surface area contributed by atoms with Crippen LogP contribution in [0.4, 0.5) is 0 Å². The maximum atomic E-state index is 12.9. The Morgan fingerprint density at radius 3 is 2.52 bits per heavy atom. The average molecular weight is 440 g/mol. The zero-order chi connectivity index (χ0) is 16.6. The molecule has 0 aliphatic carbocycles. The van der Waals surface area contributed by atoms with Crippen molar-refractivity contribution in [3.63, 3.8) is 0 Å². The first-order valence-corrected chi connectivity index (χ1v) is 9.63. The van der Waals surface area contributed by atoms with Gasteiger partial charge in [-0.25, -0.2) is 0 Å². The predicted octanol–water partition coefficient (Wildman–Crippen LogP) is 5.25. The Balaban J connectivity index is 2.28.